The van der Waals surface area contributed by atoms with Crippen LogP contribution in [-0.4, -0.2) is 12.1 Å². The van der Waals surface area contributed by atoms with Crippen LogP contribution in [0.5, 0.6) is 0 Å². The molecule has 1 aliphatic rings. The zero-order valence-electron chi connectivity index (χ0n) is 6.23. The quantitative estimate of drug-likeness (QED) is 0.502. The van der Waals surface area contributed by atoms with Crippen molar-refractivity contribution in [2.45, 2.75) is 32.9 Å². The first-order valence-corrected chi connectivity index (χ1v) is 3.39. The summed E-state index contributed by atoms with van der Waals surface area (Å²) in [5.74, 6) is 0. The second-order valence-electron chi connectivity index (χ2n) is 2.72. The molecule has 1 heterocycles. The summed E-state index contributed by atoms with van der Waals surface area (Å²) in [4.78, 5) is 0. The third kappa shape index (κ3) is 1.37. The normalized spacial score (nSPS) is 34.3. The Bertz CT molecular complexity index is 129. The largest absolute Gasteiger partial charge is 0.385 e. The molecule has 2 N–H and O–H groups in total. The van der Waals surface area contributed by atoms with Crippen molar-refractivity contribution in [1.82, 2.24) is 10.6 Å². The van der Waals surface area contributed by atoms with E-state index in [-0.39, 0.29) is 0 Å². The van der Waals surface area contributed by atoms with E-state index >= 15 is 0 Å². The van der Waals surface area contributed by atoms with E-state index in [0.29, 0.717) is 12.1 Å². The average Bonchev–Trinajstić information content (AvgIpc) is 1.80. The van der Waals surface area contributed by atoms with Gasteiger partial charge in [-0.3, -0.25) is 0 Å². The fourth-order valence-electron chi connectivity index (χ4n) is 0.927. The first-order valence-electron chi connectivity index (χ1n) is 3.39. The first kappa shape index (κ1) is 6.46. The van der Waals surface area contributed by atoms with Crippen molar-refractivity contribution in [3.8, 4) is 0 Å². The minimum absolute atomic E-state index is 0.550. The highest BCUT2D eigenvalue weighted by atomic mass is 15.1. The second-order valence-corrected chi connectivity index (χ2v) is 2.72. The maximum Gasteiger partial charge on any atom is 0.0429 e. The van der Waals surface area contributed by atoms with Gasteiger partial charge in [0.05, 0.1) is 0 Å². The molecule has 0 aromatic rings. The van der Waals surface area contributed by atoms with Gasteiger partial charge in [-0.1, -0.05) is 0 Å². The predicted octanol–water partition coefficient (Wildman–Crippen LogP) is 0.817. The van der Waals surface area contributed by atoms with Crippen LogP contribution in [0.1, 0.15) is 20.8 Å². The molecule has 2 atom stereocenters. The highest BCUT2D eigenvalue weighted by Crippen LogP contribution is 2.00. The van der Waals surface area contributed by atoms with Crippen molar-refractivity contribution < 1.29 is 0 Å². The average molecular weight is 126 g/mol. The van der Waals surface area contributed by atoms with E-state index < -0.39 is 0 Å². The van der Waals surface area contributed by atoms with Gasteiger partial charge in [0.1, 0.15) is 0 Å². The molecule has 0 aromatic carbocycles. The Labute approximate surface area is 56.3 Å². The number of rotatable bonds is 0. The van der Waals surface area contributed by atoms with Crippen LogP contribution in [0.3, 0.4) is 0 Å². The van der Waals surface area contributed by atoms with Crippen LogP contribution in [-0.2, 0) is 0 Å². The maximum absolute atomic E-state index is 3.33. The number of nitrogens with one attached hydrogen (secondary N) is 2. The summed E-state index contributed by atoms with van der Waals surface area (Å²) < 4.78 is 0. The zero-order chi connectivity index (χ0) is 6.85. The van der Waals surface area contributed by atoms with Gasteiger partial charge in [0.25, 0.3) is 0 Å². The molecule has 0 spiro atoms. The molecule has 0 fully saturated rings. The molecule has 0 saturated heterocycles. The van der Waals surface area contributed by atoms with Crippen molar-refractivity contribution in [3.63, 3.8) is 0 Å². The topological polar surface area (TPSA) is 24.1 Å². The molecule has 2 nitrogen and oxygen atoms in total. The molecule has 0 aromatic heterocycles. The van der Waals surface area contributed by atoms with Gasteiger partial charge in [-0.2, -0.15) is 0 Å². The monoisotopic (exact) mass is 126 g/mol. The summed E-state index contributed by atoms with van der Waals surface area (Å²) in [6.07, 6.45) is 2.02. The van der Waals surface area contributed by atoms with E-state index in [0.717, 1.165) is 0 Å². The van der Waals surface area contributed by atoms with Crippen molar-refractivity contribution in [3.05, 3.63) is 11.9 Å². The third-order valence-corrected chi connectivity index (χ3v) is 1.77. The molecule has 0 saturated carbocycles. The Balaban J connectivity index is 2.54. The molecule has 0 amide bonds. The Hall–Kier alpha value is -0.660. The lowest BCUT2D eigenvalue weighted by Crippen LogP contribution is -2.45. The van der Waals surface area contributed by atoms with Gasteiger partial charge in [0, 0.05) is 24.0 Å². The lowest BCUT2D eigenvalue weighted by atomic mass is 10.1. The molecule has 1 aliphatic heterocycles. The van der Waals surface area contributed by atoms with E-state index in [2.05, 4.69) is 31.4 Å². The summed E-state index contributed by atoms with van der Waals surface area (Å²) in [6.45, 7) is 6.41. The van der Waals surface area contributed by atoms with Crippen LogP contribution in [0.2, 0.25) is 0 Å². The minimum atomic E-state index is 0.550. The molecule has 2 heteroatoms. The number of hydrogen-bond donors (Lipinski definition) is 2. The molecule has 0 bridgehead atoms. The fourth-order valence-corrected chi connectivity index (χ4v) is 0.927. The lowest BCUT2D eigenvalue weighted by Gasteiger charge is -2.27. The third-order valence-electron chi connectivity index (χ3n) is 1.77. The van der Waals surface area contributed by atoms with Crippen LogP contribution in [0.15, 0.2) is 11.9 Å². The molecule has 1 rings (SSSR count). The summed E-state index contributed by atoms with van der Waals surface area (Å²) in [5, 5.41) is 6.58. The summed E-state index contributed by atoms with van der Waals surface area (Å²) in [7, 11) is 0. The molecular formula is C7H14N2. The SMILES string of the molecule is CC1=CNC(C)C(C)N1. The smallest absolute Gasteiger partial charge is 0.0429 e. The molecule has 0 radical (unpaired) electrons. The molecule has 52 valence electrons. The summed E-state index contributed by atoms with van der Waals surface area (Å²) in [5.41, 5.74) is 1.22. The van der Waals surface area contributed by atoms with Gasteiger partial charge in [-0.05, 0) is 20.8 Å². The van der Waals surface area contributed by atoms with Crippen LogP contribution in [0.25, 0.3) is 0 Å². The predicted molar refractivity (Wildman–Crippen MR) is 39.0 cm³/mol. The minimum Gasteiger partial charge on any atom is -0.385 e. The lowest BCUT2D eigenvalue weighted by molar-refractivity contribution is 0.447. The zero-order valence-corrected chi connectivity index (χ0v) is 6.23. The molecular weight excluding hydrogens is 112 g/mol. The van der Waals surface area contributed by atoms with Gasteiger partial charge in [-0.15, -0.1) is 0 Å². The van der Waals surface area contributed by atoms with Crippen LogP contribution >= 0.6 is 0 Å². The van der Waals surface area contributed by atoms with Gasteiger partial charge >= 0.3 is 0 Å². The van der Waals surface area contributed by atoms with E-state index in [4.69, 9.17) is 0 Å². The highest BCUT2D eigenvalue weighted by Gasteiger charge is 2.13. The van der Waals surface area contributed by atoms with Crippen molar-refractivity contribution >= 4 is 0 Å². The number of hydrogen-bond acceptors (Lipinski definition) is 2. The Morgan fingerprint density at radius 1 is 1.33 bits per heavy atom. The Morgan fingerprint density at radius 2 is 2.00 bits per heavy atom. The van der Waals surface area contributed by atoms with Crippen LogP contribution < -0.4 is 10.6 Å². The summed E-state index contributed by atoms with van der Waals surface area (Å²) >= 11 is 0. The summed E-state index contributed by atoms with van der Waals surface area (Å²) in [6, 6.07) is 1.10. The van der Waals surface area contributed by atoms with Crippen LogP contribution in [0.4, 0.5) is 0 Å². The van der Waals surface area contributed by atoms with E-state index in [1.54, 1.807) is 0 Å². The van der Waals surface area contributed by atoms with Gasteiger partial charge in [0.15, 0.2) is 0 Å². The molecule has 0 aliphatic carbocycles. The van der Waals surface area contributed by atoms with E-state index in [1.165, 1.54) is 5.70 Å². The fraction of sp³-hybridized carbons (Fsp3) is 0.714. The first-order chi connectivity index (χ1) is 4.20. The van der Waals surface area contributed by atoms with E-state index in [1.807, 2.05) is 6.20 Å². The van der Waals surface area contributed by atoms with Crippen molar-refractivity contribution in [1.29, 1.82) is 0 Å². The standard InChI is InChI=1S/C7H14N2/c1-5-4-8-6(2)7(3)9-5/h4,6-9H,1-3H3. The molecule has 2 unspecified atom stereocenters. The van der Waals surface area contributed by atoms with E-state index in [9.17, 15) is 0 Å². The molecule has 9 heavy (non-hydrogen) atoms. The Kier molecular flexibility index (Phi) is 1.65. The van der Waals surface area contributed by atoms with Gasteiger partial charge < -0.3 is 10.6 Å². The van der Waals surface area contributed by atoms with Gasteiger partial charge in [-0.25, -0.2) is 0 Å². The van der Waals surface area contributed by atoms with Crippen molar-refractivity contribution in [2.24, 2.45) is 0 Å². The van der Waals surface area contributed by atoms with Crippen LogP contribution in [0, 0.1) is 0 Å². The number of allylic oxidation sites excluding steroid dienone is 1. The van der Waals surface area contributed by atoms with Gasteiger partial charge in [0.2, 0.25) is 0 Å². The van der Waals surface area contributed by atoms with Crippen molar-refractivity contribution in [2.75, 3.05) is 0 Å². The Morgan fingerprint density at radius 3 is 2.44 bits per heavy atom. The maximum atomic E-state index is 3.33. The second kappa shape index (κ2) is 2.29. The highest BCUT2D eigenvalue weighted by molar-refractivity contribution is 5.03.